The van der Waals surface area contributed by atoms with Gasteiger partial charge in [0.15, 0.2) is 0 Å². The van der Waals surface area contributed by atoms with E-state index in [9.17, 15) is 0 Å². The highest BCUT2D eigenvalue weighted by molar-refractivity contribution is 5.54. The summed E-state index contributed by atoms with van der Waals surface area (Å²) in [6, 6.07) is 6.22. The predicted molar refractivity (Wildman–Crippen MR) is 54.5 cm³/mol. The monoisotopic (exact) mass is 180 g/mol. The number of anilines is 1. The normalized spacial score (nSPS) is 10.2. The predicted octanol–water partition coefficient (Wildman–Crippen LogP) is 1.45. The maximum atomic E-state index is 5.05. The van der Waals surface area contributed by atoms with Gasteiger partial charge < -0.3 is 4.90 Å². The summed E-state index contributed by atoms with van der Waals surface area (Å²) in [4.78, 5) is 6.69. The van der Waals surface area contributed by atoms with Crippen LogP contribution in [0.25, 0.3) is 0 Å². The summed E-state index contributed by atoms with van der Waals surface area (Å²) >= 11 is 0. The van der Waals surface area contributed by atoms with E-state index in [1.54, 1.807) is 0 Å². The van der Waals surface area contributed by atoms with Gasteiger partial charge in [0.25, 0.3) is 0 Å². The number of hydrogen-bond acceptors (Lipinski definition) is 3. The first-order valence-electron chi connectivity index (χ1n) is 4.23. The van der Waals surface area contributed by atoms with Gasteiger partial charge in [0.1, 0.15) is 0 Å². The van der Waals surface area contributed by atoms with Gasteiger partial charge >= 0.3 is 0 Å². The second kappa shape index (κ2) is 4.25. The molecule has 0 saturated carbocycles. The number of nitrogens with two attached hydrogens (primary N) is 1. The largest absolute Gasteiger partial charge is 0.377 e. The first-order valence-corrected chi connectivity index (χ1v) is 4.23. The van der Waals surface area contributed by atoms with Gasteiger partial charge in [-0.15, -0.1) is 0 Å². The van der Waals surface area contributed by atoms with Crippen molar-refractivity contribution in [2.24, 2.45) is 5.90 Å². The standard InChI is InChI=1S/C10H16N2O/c1-8-4-5-9(7-13-11)10(6-8)12(2)3/h4-6H,7,11H2,1-3H3. The van der Waals surface area contributed by atoms with Crippen LogP contribution in [-0.2, 0) is 11.4 Å². The van der Waals surface area contributed by atoms with Crippen LogP contribution in [0, 0.1) is 6.92 Å². The molecule has 0 spiro atoms. The molecule has 0 aliphatic rings. The summed E-state index contributed by atoms with van der Waals surface area (Å²) in [5.41, 5.74) is 3.51. The Morgan fingerprint density at radius 2 is 2.08 bits per heavy atom. The second-order valence-electron chi connectivity index (χ2n) is 3.34. The molecule has 3 heteroatoms. The van der Waals surface area contributed by atoms with Gasteiger partial charge in [-0.05, 0) is 18.6 Å². The van der Waals surface area contributed by atoms with Gasteiger partial charge in [0, 0.05) is 25.3 Å². The molecule has 0 fully saturated rings. The fraction of sp³-hybridized carbons (Fsp3) is 0.400. The lowest BCUT2D eigenvalue weighted by atomic mass is 10.1. The molecule has 0 aliphatic heterocycles. The SMILES string of the molecule is Cc1ccc(CON)c(N(C)C)c1. The minimum Gasteiger partial charge on any atom is -0.377 e. The summed E-state index contributed by atoms with van der Waals surface area (Å²) in [5, 5.41) is 0. The number of benzene rings is 1. The van der Waals surface area contributed by atoms with E-state index in [0.29, 0.717) is 6.61 Å². The Balaban J connectivity index is 3.03. The van der Waals surface area contributed by atoms with Crippen molar-refractivity contribution in [1.29, 1.82) is 0 Å². The molecule has 1 aromatic rings. The molecule has 0 heterocycles. The van der Waals surface area contributed by atoms with Crippen LogP contribution in [0.2, 0.25) is 0 Å². The van der Waals surface area contributed by atoms with Crippen LogP contribution in [0.5, 0.6) is 0 Å². The van der Waals surface area contributed by atoms with E-state index < -0.39 is 0 Å². The maximum Gasteiger partial charge on any atom is 0.0950 e. The Morgan fingerprint density at radius 3 is 2.62 bits per heavy atom. The van der Waals surface area contributed by atoms with Crippen molar-refractivity contribution in [2.45, 2.75) is 13.5 Å². The molecule has 13 heavy (non-hydrogen) atoms. The Morgan fingerprint density at radius 1 is 1.38 bits per heavy atom. The minimum atomic E-state index is 0.452. The Kier molecular flexibility index (Phi) is 3.28. The maximum absolute atomic E-state index is 5.05. The first kappa shape index (κ1) is 10.0. The highest BCUT2D eigenvalue weighted by Crippen LogP contribution is 2.20. The molecule has 2 N–H and O–H groups in total. The summed E-state index contributed by atoms with van der Waals surface area (Å²) in [6.45, 7) is 2.52. The van der Waals surface area contributed by atoms with Crippen molar-refractivity contribution >= 4 is 5.69 Å². The highest BCUT2D eigenvalue weighted by Gasteiger charge is 2.03. The molecular formula is C10H16N2O. The zero-order chi connectivity index (χ0) is 9.84. The third kappa shape index (κ3) is 2.44. The molecule has 0 aromatic heterocycles. The molecular weight excluding hydrogens is 164 g/mol. The molecule has 0 radical (unpaired) electrons. The lowest BCUT2D eigenvalue weighted by molar-refractivity contribution is 0.124. The fourth-order valence-electron chi connectivity index (χ4n) is 1.30. The zero-order valence-corrected chi connectivity index (χ0v) is 8.37. The van der Waals surface area contributed by atoms with Crippen LogP contribution in [0.1, 0.15) is 11.1 Å². The van der Waals surface area contributed by atoms with Crippen molar-refractivity contribution in [1.82, 2.24) is 0 Å². The molecule has 1 aromatic carbocycles. The summed E-state index contributed by atoms with van der Waals surface area (Å²) in [7, 11) is 4.02. The molecule has 0 unspecified atom stereocenters. The van der Waals surface area contributed by atoms with E-state index in [4.69, 9.17) is 5.90 Å². The zero-order valence-electron chi connectivity index (χ0n) is 8.37. The van der Waals surface area contributed by atoms with E-state index in [0.717, 1.165) is 11.3 Å². The fourth-order valence-corrected chi connectivity index (χ4v) is 1.30. The van der Waals surface area contributed by atoms with Crippen molar-refractivity contribution in [3.8, 4) is 0 Å². The minimum absolute atomic E-state index is 0.452. The molecule has 0 saturated heterocycles. The van der Waals surface area contributed by atoms with Gasteiger partial charge in [-0.3, -0.25) is 4.84 Å². The third-order valence-corrected chi connectivity index (χ3v) is 1.96. The Labute approximate surface area is 79.1 Å². The quantitative estimate of drug-likeness (QED) is 0.715. The van der Waals surface area contributed by atoms with Gasteiger partial charge in [-0.2, -0.15) is 0 Å². The van der Waals surface area contributed by atoms with Crippen molar-refractivity contribution < 1.29 is 4.84 Å². The van der Waals surface area contributed by atoms with E-state index in [-0.39, 0.29) is 0 Å². The van der Waals surface area contributed by atoms with Crippen molar-refractivity contribution in [2.75, 3.05) is 19.0 Å². The third-order valence-electron chi connectivity index (χ3n) is 1.96. The topological polar surface area (TPSA) is 38.5 Å². The Hall–Kier alpha value is -1.06. The lowest BCUT2D eigenvalue weighted by Crippen LogP contribution is -2.12. The molecule has 1 rings (SSSR count). The van der Waals surface area contributed by atoms with Gasteiger partial charge in [-0.25, -0.2) is 5.90 Å². The molecule has 0 amide bonds. The molecule has 0 atom stereocenters. The molecule has 0 aliphatic carbocycles. The van der Waals surface area contributed by atoms with Crippen LogP contribution in [0.3, 0.4) is 0 Å². The van der Waals surface area contributed by atoms with E-state index in [1.165, 1.54) is 5.56 Å². The molecule has 72 valence electrons. The summed E-state index contributed by atoms with van der Waals surface area (Å²) < 4.78 is 0. The van der Waals surface area contributed by atoms with Crippen LogP contribution in [0.15, 0.2) is 18.2 Å². The number of rotatable bonds is 3. The lowest BCUT2D eigenvalue weighted by Gasteiger charge is -2.17. The van der Waals surface area contributed by atoms with Crippen molar-refractivity contribution in [3.63, 3.8) is 0 Å². The average molecular weight is 180 g/mol. The van der Waals surface area contributed by atoms with Crippen molar-refractivity contribution in [3.05, 3.63) is 29.3 Å². The smallest absolute Gasteiger partial charge is 0.0950 e. The van der Waals surface area contributed by atoms with Gasteiger partial charge in [-0.1, -0.05) is 12.1 Å². The summed E-state index contributed by atoms with van der Waals surface area (Å²) in [6.07, 6.45) is 0. The second-order valence-corrected chi connectivity index (χ2v) is 3.34. The van der Waals surface area contributed by atoms with E-state index in [2.05, 4.69) is 28.8 Å². The number of nitrogens with zero attached hydrogens (tertiary/aromatic N) is 1. The summed E-state index contributed by atoms with van der Waals surface area (Å²) in [5.74, 6) is 5.05. The van der Waals surface area contributed by atoms with Crippen LogP contribution in [0.4, 0.5) is 5.69 Å². The van der Waals surface area contributed by atoms with Gasteiger partial charge in [0.05, 0.1) is 6.61 Å². The van der Waals surface area contributed by atoms with Crippen LogP contribution < -0.4 is 10.8 Å². The number of hydrogen-bond donors (Lipinski definition) is 1. The van der Waals surface area contributed by atoms with Crippen LogP contribution in [-0.4, -0.2) is 14.1 Å². The average Bonchev–Trinajstić information content (AvgIpc) is 2.08. The van der Waals surface area contributed by atoms with E-state index >= 15 is 0 Å². The molecule has 3 nitrogen and oxygen atoms in total. The number of aryl methyl sites for hydroxylation is 1. The molecule has 0 bridgehead atoms. The van der Waals surface area contributed by atoms with E-state index in [1.807, 2.05) is 20.2 Å². The van der Waals surface area contributed by atoms with Gasteiger partial charge in [0.2, 0.25) is 0 Å². The Bertz CT molecular complexity index is 284. The first-order chi connectivity index (χ1) is 6.15. The van der Waals surface area contributed by atoms with Crippen LogP contribution >= 0.6 is 0 Å². The highest BCUT2D eigenvalue weighted by atomic mass is 16.6.